The van der Waals surface area contributed by atoms with Gasteiger partial charge in [-0.3, -0.25) is 10.5 Å². The van der Waals surface area contributed by atoms with Crippen molar-refractivity contribution in [2.24, 2.45) is 0 Å². The summed E-state index contributed by atoms with van der Waals surface area (Å²) in [6.07, 6.45) is -5.50. The molecule has 0 aromatic rings. The summed E-state index contributed by atoms with van der Waals surface area (Å²) in [5.41, 5.74) is 0. The maximum Gasteiger partial charge on any atom is 0.503 e. The standard InChI is InChI=1S/2C4H10O3.3CH2O3/c2*1-2-6-3-4-7-5;3*2-1(3)4/h2*5H,2-4H2,1H3;3*(H2,2,3,4). The van der Waals surface area contributed by atoms with Crippen LogP contribution in [0.15, 0.2) is 0 Å². The quantitative estimate of drug-likeness (QED) is 0.164. The Labute approximate surface area is 148 Å². The summed E-state index contributed by atoms with van der Waals surface area (Å²) < 4.78 is 9.58. The summed E-state index contributed by atoms with van der Waals surface area (Å²) in [4.78, 5) is 33.1. The van der Waals surface area contributed by atoms with E-state index in [4.69, 9.17) is 65.0 Å². The van der Waals surface area contributed by atoms with Gasteiger partial charge in [0.2, 0.25) is 0 Å². The molecular formula is C11H26O15. The Kier molecular flexibility index (Phi) is 51.2. The molecule has 0 radical (unpaired) electrons. The molecule has 0 amide bonds. The number of carbonyl (C=O) groups is 3. The lowest BCUT2D eigenvalue weighted by atomic mass is 10.8. The lowest BCUT2D eigenvalue weighted by Gasteiger charge is -1.94. The van der Waals surface area contributed by atoms with Gasteiger partial charge < -0.3 is 40.1 Å². The molecule has 0 aromatic heterocycles. The zero-order valence-electron chi connectivity index (χ0n) is 14.2. The first-order valence-corrected chi connectivity index (χ1v) is 6.47. The summed E-state index contributed by atoms with van der Waals surface area (Å²) in [6.45, 7) is 6.56. The molecule has 15 heteroatoms. The fourth-order valence-corrected chi connectivity index (χ4v) is 0.481. The van der Waals surface area contributed by atoms with Crippen molar-refractivity contribution in [2.45, 2.75) is 13.8 Å². The van der Waals surface area contributed by atoms with Gasteiger partial charge in [-0.1, -0.05) is 0 Å². The zero-order valence-corrected chi connectivity index (χ0v) is 14.2. The third kappa shape index (κ3) is 294. The normalized spacial score (nSPS) is 7.85. The van der Waals surface area contributed by atoms with Gasteiger partial charge in [0.05, 0.1) is 13.2 Å². The minimum atomic E-state index is -1.83. The van der Waals surface area contributed by atoms with Crippen LogP contribution in [0.5, 0.6) is 0 Å². The van der Waals surface area contributed by atoms with Crippen molar-refractivity contribution >= 4 is 18.5 Å². The number of rotatable bonds is 8. The molecule has 0 fully saturated rings. The molecule has 0 spiro atoms. The Morgan fingerprint density at radius 2 is 0.769 bits per heavy atom. The van der Waals surface area contributed by atoms with Crippen LogP contribution in [0.2, 0.25) is 0 Å². The SMILES string of the molecule is CCOCCOO.CCOCCOO.O=C(O)O.O=C(O)O.O=C(O)O. The van der Waals surface area contributed by atoms with Crippen LogP contribution in [0.3, 0.4) is 0 Å². The molecule has 0 unspecified atom stereocenters. The van der Waals surface area contributed by atoms with Gasteiger partial charge in [0.25, 0.3) is 0 Å². The average molecular weight is 398 g/mol. The summed E-state index contributed by atoms with van der Waals surface area (Å²) in [7, 11) is 0. The lowest BCUT2D eigenvalue weighted by molar-refractivity contribution is -0.248. The van der Waals surface area contributed by atoms with Gasteiger partial charge in [-0.25, -0.2) is 24.2 Å². The highest BCUT2D eigenvalue weighted by atomic mass is 17.1. The second kappa shape index (κ2) is 38.2. The van der Waals surface area contributed by atoms with Gasteiger partial charge in [-0.2, -0.15) is 0 Å². The largest absolute Gasteiger partial charge is 0.503 e. The zero-order chi connectivity index (χ0) is 21.8. The molecule has 0 aliphatic heterocycles. The van der Waals surface area contributed by atoms with Crippen LogP contribution in [0, 0.1) is 0 Å². The molecule has 160 valence electrons. The maximum absolute atomic E-state index is 8.56. The smallest absolute Gasteiger partial charge is 0.450 e. The van der Waals surface area contributed by atoms with E-state index in [0.717, 1.165) is 0 Å². The van der Waals surface area contributed by atoms with E-state index in [2.05, 4.69) is 9.78 Å². The van der Waals surface area contributed by atoms with Crippen molar-refractivity contribution in [3.8, 4) is 0 Å². The molecule has 0 aliphatic carbocycles. The molecule has 15 nitrogen and oxygen atoms in total. The van der Waals surface area contributed by atoms with Crippen molar-refractivity contribution in [1.29, 1.82) is 0 Å². The predicted octanol–water partition coefficient (Wildman–Crippen LogP) is 1.69. The first-order valence-electron chi connectivity index (χ1n) is 6.47. The van der Waals surface area contributed by atoms with Crippen LogP contribution in [0.4, 0.5) is 14.4 Å². The second-order valence-electron chi connectivity index (χ2n) is 2.91. The molecule has 0 rings (SSSR count). The van der Waals surface area contributed by atoms with Gasteiger partial charge in [0.1, 0.15) is 13.2 Å². The topological polar surface area (TPSA) is 250 Å². The summed E-state index contributed by atoms with van der Waals surface area (Å²) >= 11 is 0. The first-order chi connectivity index (χ1) is 12.0. The van der Waals surface area contributed by atoms with Gasteiger partial charge in [0.15, 0.2) is 0 Å². The van der Waals surface area contributed by atoms with Gasteiger partial charge in [0, 0.05) is 13.2 Å². The minimum Gasteiger partial charge on any atom is -0.450 e. The number of hydrogen-bond acceptors (Lipinski definition) is 9. The molecule has 0 aromatic carbocycles. The van der Waals surface area contributed by atoms with Gasteiger partial charge in [-0.05, 0) is 13.8 Å². The van der Waals surface area contributed by atoms with Crippen molar-refractivity contribution in [3.63, 3.8) is 0 Å². The van der Waals surface area contributed by atoms with E-state index >= 15 is 0 Å². The van der Waals surface area contributed by atoms with E-state index in [-0.39, 0.29) is 13.2 Å². The third-order valence-electron chi connectivity index (χ3n) is 1.05. The first kappa shape index (κ1) is 34.8. The van der Waals surface area contributed by atoms with Crippen LogP contribution >= 0.6 is 0 Å². The Morgan fingerprint density at radius 3 is 0.885 bits per heavy atom. The van der Waals surface area contributed by atoms with E-state index in [0.29, 0.717) is 26.4 Å². The highest BCUT2D eigenvalue weighted by Gasteiger charge is 1.80. The molecule has 0 atom stereocenters. The highest BCUT2D eigenvalue weighted by Crippen LogP contribution is 1.72. The Balaban J connectivity index is -0.0000000728. The molecule has 0 aliphatic rings. The molecule has 0 heterocycles. The van der Waals surface area contributed by atoms with E-state index in [1.54, 1.807) is 0 Å². The van der Waals surface area contributed by atoms with E-state index in [1.807, 2.05) is 13.8 Å². The number of carboxylic acid groups (broad SMARTS) is 6. The molecular weight excluding hydrogens is 372 g/mol. The molecule has 0 saturated carbocycles. The third-order valence-corrected chi connectivity index (χ3v) is 1.05. The van der Waals surface area contributed by atoms with Crippen LogP contribution < -0.4 is 0 Å². The monoisotopic (exact) mass is 398 g/mol. The van der Waals surface area contributed by atoms with Crippen molar-refractivity contribution in [1.82, 2.24) is 0 Å². The fraction of sp³-hybridized carbons (Fsp3) is 0.727. The molecule has 26 heavy (non-hydrogen) atoms. The lowest BCUT2D eigenvalue weighted by Crippen LogP contribution is -2.00. The maximum atomic E-state index is 8.56. The average Bonchev–Trinajstić information content (AvgIpc) is 2.47. The van der Waals surface area contributed by atoms with Gasteiger partial charge in [-0.15, -0.1) is 0 Å². The Morgan fingerprint density at radius 1 is 0.577 bits per heavy atom. The van der Waals surface area contributed by atoms with Crippen molar-refractivity contribution in [2.75, 3.05) is 39.6 Å². The molecule has 8 N–H and O–H groups in total. The van der Waals surface area contributed by atoms with Crippen molar-refractivity contribution in [3.05, 3.63) is 0 Å². The van der Waals surface area contributed by atoms with Gasteiger partial charge >= 0.3 is 18.5 Å². The van der Waals surface area contributed by atoms with E-state index in [9.17, 15) is 0 Å². The van der Waals surface area contributed by atoms with Crippen LogP contribution in [-0.4, -0.2) is 99.3 Å². The molecule has 0 bridgehead atoms. The van der Waals surface area contributed by atoms with Crippen LogP contribution in [0.1, 0.15) is 13.8 Å². The van der Waals surface area contributed by atoms with Crippen LogP contribution in [-0.2, 0) is 19.2 Å². The highest BCUT2D eigenvalue weighted by molar-refractivity contribution is 5.53. The Hall–Kier alpha value is -2.43. The van der Waals surface area contributed by atoms with E-state index in [1.165, 1.54) is 0 Å². The summed E-state index contributed by atoms with van der Waals surface area (Å²) in [5.74, 6) is 0. The number of hydrogen-bond donors (Lipinski definition) is 8. The predicted molar refractivity (Wildman–Crippen MR) is 82.1 cm³/mol. The van der Waals surface area contributed by atoms with Crippen molar-refractivity contribution < 1.29 is 74.8 Å². The summed E-state index contributed by atoms with van der Waals surface area (Å²) in [5, 5.41) is 57.3. The Bertz CT molecular complexity index is 224. The van der Waals surface area contributed by atoms with Crippen LogP contribution in [0.25, 0.3) is 0 Å². The summed E-state index contributed by atoms with van der Waals surface area (Å²) in [6, 6.07) is 0. The number of ether oxygens (including phenoxy) is 2. The minimum absolute atomic E-state index is 0.258. The molecule has 0 saturated heterocycles. The second-order valence-corrected chi connectivity index (χ2v) is 2.91. The van der Waals surface area contributed by atoms with E-state index < -0.39 is 18.5 Å². The fourth-order valence-electron chi connectivity index (χ4n) is 0.481.